The molecule has 1 aromatic heterocycles. The summed E-state index contributed by atoms with van der Waals surface area (Å²) in [7, 11) is 5.93. The molecule has 0 atom stereocenters. The number of likely N-dealkylation sites (N-methyl/N-ethyl adjacent to an activating group) is 1. The van der Waals surface area contributed by atoms with Crippen molar-refractivity contribution in [1.82, 2.24) is 29.4 Å². The third kappa shape index (κ3) is 13.0. The van der Waals surface area contributed by atoms with Gasteiger partial charge in [0.25, 0.3) is 0 Å². The van der Waals surface area contributed by atoms with Crippen molar-refractivity contribution in [3.63, 3.8) is 0 Å². The summed E-state index contributed by atoms with van der Waals surface area (Å²) in [5.74, 6) is -3.22. The van der Waals surface area contributed by atoms with E-state index in [2.05, 4.69) is 4.57 Å². The van der Waals surface area contributed by atoms with Crippen LogP contribution in [0.5, 0.6) is 0 Å². The van der Waals surface area contributed by atoms with Gasteiger partial charge >= 0.3 is 74.4 Å². The van der Waals surface area contributed by atoms with Crippen molar-refractivity contribution >= 4 is 58.1 Å². The normalized spacial score (nSPS) is 15.8. The van der Waals surface area contributed by atoms with E-state index in [1.807, 2.05) is 55.2 Å². The van der Waals surface area contributed by atoms with Crippen LogP contribution in [-0.4, -0.2) is 185 Å². The predicted molar refractivity (Wildman–Crippen MR) is 195 cm³/mol. The van der Waals surface area contributed by atoms with Crippen LogP contribution in [0.1, 0.15) is 11.3 Å². The molecule has 0 unspecified atom stereocenters. The number of aromatic nitrogens is 1. The van der Waals surface area contributed by atoms with Crippen LogP contribution in [0.2, 0.25) is 0 Å². The number of benzene rings is 2. The first-order valence-corrected chi connectivity index (χ1v) is 17.3. The Hall–Kier alpha value is -2.64. The number of carboxylic acids is 3. The molecule has 0 bridgehead atoms. The number of fused-ring (bicyclic) bond motifs is 3. The minimum Gasteiger partial charge on any atom is -0.480 e. The number of hydrogen-bond acceptors (Lipinski definition) is 11. The Morgan fingerprint density at radius 2 is 1.17 bits per heavy atom. The van der Waals surface area contributed by atoms with E-state index in [0.29, 0.717) is 70.9 Å². The molecule has 53 heavy (non-hydrogen) atoms. The summed E-state index contributed by atoms with van der Waals surface area (Å²) >= 11 is 0. The van der Waals surface area contributed by atoms with Crippen LogP contribution >= 0.6 is 0 Å². The fourth-order valence-corrected chi connectivity index (χ4v) is 6.78. The zero-order valence-corrected chi connectivity index (χ0v) is 33.2. The molecule has 0 radical (unpaired) electrons. The quantitative estimate of drug-likeness (QED) is 0.0720. The Morgan fingerprint density at radius 1 is 0.698 bits per heavy atom. The van der Waals surface area contributed by atoms with E-state index in [1.165, 1.54) is 0 Å². The predicted octanol–water partition coefficient (Wildman–Crippen LogP) is -2.01. The van der Waals surface area contributed by atoms with E-state index in [9.17, 15) is 44.5 Å². The average molecular weight is 877 g/mol. The van der Waals surface area contributed by atoms with Gasteiger partial charge in [-0.25, -0.2) is 0 Å². The third-order valence-electron chi connectivity index (χ3n) is 9.46. The molecule has 1 amide bonds. The molecule has 0 saturated carbocycles. The summed E-state index contributed by atoms with van der Waals surface area (Å²) < 4.78 is 2.06. The summed E-state index contributed by atoms with van der Waals surface area (Å²) in [6.45, 7) is 2.68. The summed E-state index contributed by atoms with van der Waals surface area (Å²) in [4.78, 5) is 59.1. The Kier molecular flexibility index (Phi) is 17.6. The van der Waals surface area contributed by atoms with Crippen molar-refractivity contribution in [2.45, 2.75) is 13.1 Å². The minimum absolute atomic E-state index is 0. The number of hydrogen-bond donors (Lipinski definition) is 5. The molecule has 4 rings (SSSR count). The molecule has 1 fully saturated rings. The van der Waals surface area contributed by atoms with Crippen molar-refractivity contribution < 1.29 is 98.5 Å². The molecule has 1 aliphatic rings. The fourth-order valence-electron chi connectivity index (χ4n) is 6.78. The van der Waals surface area contributed by atoms with Crippen LogP contribution in [-0.2, 0) is 39.3 Å². The van der Waals surface area contributed by atoms with Gasteiger partial charge in [-0.05, 0) is 31.2 Å². The summed E-state index contributed by atoms with van der Waals surface area (Å²) in [6.07, 6.45) is 0. The van der Waals surface area contributed by atoms with Gasteiger partial charge in [-0.3, -0.25) is 43.7 Å². The van der Waals surface area contributed by atoms with E-state index in [-0.39, 0.29) is 81.5 Å². The van der Waals surface area contributed by atoms with Crippen molar-refractivity contribution in [2.24, 2.45) is 7.05 Å². The summed E-state index contributed by atoms with van der Waals surface area (Å²) in [5.41, 5.74) is 3.18. The molecule has 18 heteroatoms. The van der Waals surface area contributed by atoms with Crippen LogP contribution in [0, 0.1) is 49.4 Å². The Balaban J connectivity index is 0.00000756. The molecule has 3 aromatic rings. The van der Waals surface area contributed by atoms with Gasteiger partial charge in [0.1, 0.15) is 7.05 Å². The van der Waals surface area contributed by atoms with Crippen molar-refractivity contribution in [1.29, 1.82) is 0 Å². The number of amides is 1. The van der Waals surface area contributed by atoms with Crippen molar-refractivity contribution in [3.8, 4) is 0 Å². The molecule has 1 saturated heterocycles. The van der Waals surface area contributed by atoms with Crippen LogP contribution < -0.4 is 10.0 Å². The number of aryl methyl sites for hydroxylation is 1. The van der Waals surface area contributed by atoms with E-state index < -0.39 is 25.0 Å². The SMILES string of the molecule is CN(C)Cc1c2c(B(O)O)cccc2c2cc(CN(C)C(=O)CN3CCN(CC(=O)O)CCN(CC(=O)O)CCN(CC(=O)O)CC3)ccc2[n+]1C.[Eu+3]. The van der Waals surface area contributed by atoms with Gasteiger partial charge in [0.15, 0.2) is 0 Å². The minimum atomic E-state index is -1.65. The summed E-state index contributed by atoms with van der Waals surface area (Å²) in [6, 6.07) is 11.5. The fraction of sp³-hybridized carbons (Fsp3) is 0.514. The molecule has 286 valence electrons. The number of aliphatic carboxylic acids is 3. The van der Waals surface area contributed by atoms with Crippen LogP contribution in [0.3, 0.4) is 0 Å². The number of rotatable bonds is 13. The smallest absolute Gasteiger partial charge is 0.480 e. The topological polar surface area (TPSA) is 193 Å². The maximum absolute atomic E-state index is 13.7. The van der Waals surface area contributed by atoms with Gasteiger partial charge in [-0.15, -0.1) is 0 Å². The van der Waals surface area contributed by atoms with Gasteiger partial charge in [0.05, 0.1) is 43.5 Å². The zero-order chi connectivity index (χ0) is 38.1. The Bertz CT molecular complexity index is 1730. The first-order chi connectivity index (χ1) is 24.6. The van der Waals surface area contributed by atoms with Gasteiger partial charge < -0.3 is 30.3 Å². The van der Waals surface area contributed by atoms with Crippen molar-refractivity contribution in [2.75, 3.05) is 99.7 Å². The molecule has 0 aliphatic carbocycles. The molecule has 1 aliphatic heterocycles. The van der Waals surface area contributed by atoms with E-state index >= 15 is 0 Å². The maximum Gasteiger partial charge on any atom is 3.00 e. The van der Waals surface area contributed by atoms with E-state index in [1.54, 1.807) is 38.8 Å². The number of carbonyl (C=O) groups is 4. The first kappa shape index (κ1) is 44.8. The summed E-state index contributed by atoms with van der Waals surface area (Å²) in [5, 5.41) is 51.5. The monoisotopic (exact) mass is 877 g/mol. The molecule has 2 aromatic carbocycles. The second kappa shape index (κ2) is 20.9. The van der Waals surface area contributed by atoms with Crippen LogP contribution in [0.25, 0.3) is 21.7 Å². The standard InChI is InChI=1S/C35H50BN7O9.Eu/c1-37(2)20-30-35-26(6-5-7-28(35)36(51)52)27-18-25(8-9-29(27)39(30)4)19-38(3)31(44)21-40-10-12-41(22-32(45)46)14-16-43(24-34(49)50)17-15-42(13-11-40)23-33(47)48;/h5-9,18,51-52H,10-17,19-24H2,1-4H3,(H2-,45,46,47,48,49,50);/q;+3/p+1. The second-order valence-corrected chi connectivity index (χ2v) is 13.8. The molecule has 5 N–H and O–H groups in total. The van der Waals surface area contributed by atoms with Crippen LogP contribution in [0.15, 0.2) is 36.4 Å². The molecule has 0 spiro atoms. The number of pyridine rings is 1. The maximum atomic E-state index is 13.7. The molecule has 2 heterocycles. The zero-order valence-electron chi connectivity index (χ0n) is 30.8. The number of nitrogens with zero attached hydrogens (tertiary/aromatic N) is 7. The van der Waals surface area contributed by atoms with E-state index in [4.69, 9.17) is 0 Å². The second-order valence-electron chi connectivity index (χ2n) is 13.8. The average Bonchev–Trinajstić information content (AvgIpc) is 3.06. The first-order valence-electron chi connectivity index (χ1n) is 17.3. The van der Waals surface area contributed by atoms with Crippen LogP contribution in [0.4, 0.5) is 0 Å². The molecular formula is C35H51BEuN7O9+4. The number of carboxylic acid groups (broad SMARTS) is 3. The van der Waals surface area contributed by atoms with Gasteiger partial charge in [0, 0.05) is 77.4 Å². The Morgan fingerprint density at radius 3 is 1.60 bits per heavy atom. The Labute approximate surface area is 350 Å². The van der Waals surface area contributed by atoms with Gasteiger partial charge in [-0.2, -0.15) is 4.57 Å². The van der Waals surface area contributed by atoms with Gasteiger partial charge in [0.2, 0.25) is 17.1 Å². The van der Waals surface area contributed by atoms with Gasteiger partial charge in [-0.1, -0.05) is 24.3 Å². The molecule has 16 nitrogen and oxygen atoms in total. The molecular weight excluding hydrogens is 825 g/mol. The van der Waals surface area contributed by atoms with Crippen molar-refractivity contribution in [3.05, 3.63) is 47.7 Å². The van der Waals surface area contributed by atoms with E-state index in [0.717, 1.165) is 32.9 Å². The largest absolute Gasteiger partial charge is 3.00 e. The third-order valence-corrected chi connectivity index (χ3v) is 9.46. The number of carbonyl (C=O) groups excluding carboxylic acids is 1.